The molecule has 0 bridgehead atoms. The highest BCUT2D eigenvalue weighted by atomic mass is 16.4. The lowest BCUT2D eigenvalue weighted by atomic mass is 10.1. The summed E-state index contributed by atoms with van der Waals surface area (Å²) >= 11 is 0. The van der Waals surface area contributed by atoms with E-state index in [1.807, 2.05) is 0 Å². The zero-order chi connectivity index (χ0) is 20.4. The minimum Gasteiger partial charge on any atom is -0.506 e. The van der Waals surface area contributed by atoms with Crippen LogP contribution in [-0.2, 0) is 7.05 Å². The zero-order valence-electron chi connectivity index (χ0n) is 15.3. The van der Waals surface area contributed by atoms with Crippen LogP contribution >= 0.6 is 0 Å². The average molecular weight is 378 g/mol. The summed E-state index contributed by atoms with van der Waals surface area (Å²) in [5, 5.41) is 22.8. The Labute approximate surface area is 160 Å². The van der Waals surface area contributed by atoms with Gasteiger partial charge in [0.15, 0.2) is 5.78 Å². The van der Waals surface area contributed by atoms with E-state index in [1.165, 1.54) is 22.8 Å². The summed E-state index contributed by atoms with van der Waals surface area (Å²) in [7, 11) is 1.54. The number of nitrogens with zero attached hydrogens (tertiary/aromatic N) is 1. The highest BCUT2D eigenvalue weighted by Crippen LogP contribution is 2.26. The van der Waals surface area contributed by atoms with Crippen molar-refractivity contribution in [3.63, 3.8) is 0 Å². The fourth-order valence-electron chi connectivity index (χ4n) is 2.93. The molecule has 3 aromatic rings. The van der Waals surface area contributed by atoms with Gasteiger partial charge in [-0.25, -0.2) is 4.79 Å². The largest absolute Gasteiger partial charge is 0.506 e. The number of fused-ring (bicyclic) bond motifs is 1. The van der Waals surface area contributed by atoms with Crippen molar-refractivity contribution in [2.75, 3.05) is 5.32 Å². The number of carboxylic acids is 1. The van der Waals surface area contributed by atoms with Crippen LogP contribution < -0.4 is 10.9 Å². The number of carbonyl (C=O) groups excluding carboxylic acids is 1. The van der Waals surface area contributed by atoms with Gasteiger partial charge in [-0.15, -0.1) is 0 Å². The molecule has 0 aliphatic rings. The number of aromatic carboxylic acids is 1. The Morgan fingerprint density at radius 2 is 1.71 bits per heavy atom. The molecular formula is C21H18N2O5. The third-order valence-corrected chi connectivity index (χ3v) is 4.34. The third-order valence-electron chi connectivity index (χ3n) is 4.34. The van der Waals surface area contributed by atoms with Crippen LogP contribution in [0.5, 0.6) is 5.75 Å². The normalized spacial score (nSPS) is 11.4. The molecule has 1 heterocycles. The van der Waals surface area contributed by atoms with Crippen LogP contribution in [0.25, 0.3) is 10.9 Å². The molecule has 0 radical (unpaired) electrons. The number of hydrogen-bond acceptors (Lipinski definition) is 5. The molecule has 0 aliphatic heterocycles. The van der Waals surface area contributed by atoms with Crippen LogP contribution in [-0.4, -0.2) is 26.5 Å². The van der Waals surface area contributed by atoms with Gasteiger partial charge < -0.3 is 20.1 Å². The van der Waals surface area contributed by atoms with Gasteiger partial charge in [-0.1, -0.05) is 12.1 Å². The second-order valence-corrected chi connectivity index (χ2v) is 6.30. The fourth-order valence-corrected chi connectivity index (χ4v) is 2.93. The summed E-state index contributed by atoms with van der Waals surface area (Å²) in [6, 6.07) is 12.8. The second-order valence-electron chi connectivity index (χ2n) is 6.30. The first-order chi connectivity index (χ1) is 13.3. The lowest BCUT2D eigenvalue weighted by Crippen LogP contribution is -2.24. The van der Waals surface area contributed by atoms with Gasteiger partial charge in [0.25, 0.3) is 5.56 Å². The molecule has 7 nitrogen and oxygen atoms in total. The molecular weight excluding hydrogens is 360 g/mol. The number of aromatic nitrogens is 1. The van der Waals surface area contributed by atoms with E-state index in [1.54, 1.807) is 50.4 Å². The molecule has 0 fully saturated rings. The predicted octanol–water partition coefficient (Wildman–Crippen LogP) is 3.14. The van der Waals surface area contributed by atoms with Gasteiger partial charge in [-0.2, -0.15) is 0 Å². The summed E-state index contributed by atoms with van der Waals surface area (Å²) in [5.41, 5.74) is 0.802. The lowest BCUT2D eigenvalue weighted by Gasteiger charge is -2.11. The van der Waals surface area contributed by atoms with Crippen LogP contribution in [0.1, 0.15) is 27.6 Å². The summed E-state index contributed by atoms with van der Waals surface area (Å²) in [4.78, 5) is 36.1. The number of allylic oxidation sites excluding steroid dienone is 2. The molecule has 0 saturated carbocycles. The highest BCUT2D eigenvalue weighted by Gasteiger charge is 2.19. The Hall–Kier alpha value is -3.87. The van der Waals surface area contributed by atoms with Crippen LogP contribution in [0.15, 0.2) is 65.1 Å². The summed E-state index contributed by atoms with van der Waals surface area (Å²) in [6.45, 7) is 1.63. The maximum absolute atomic E-state index is 12.7. The number of pyridine rings is 1. The number of rotatable bonds is 5. The molecule has 0 spiro atoms. The van der Waals surface area contributed by atoms with Gasteiger partial charge in [0, 0.05) is 29.9 Å². The quantitative estimate of drug-likeness (QED) is 0.465. The van der Waals surface area contributed by atoms with Crippen molar-refractivity contribution in [1.29, 1.82) is 0 Å². The predicted molar refractivity (Wildman–Crippen MR) is 106 cm³/mol. The van der Waals surface area contributed by atoms with Crippen molar-refractivity contribution in [2.45, 2.75) is 6.92 Å². The van der Waals surface area contributed by atoms with Crippen molar-refractivity contribution in [1.82, 2.24) is 4.57 Å². The molecule has 3 rings (SSSR count). The van der Waals surface area contributed by atoms with Crippen LogP contribution in [0.2, 0.25) is 0 Å². The zero-order valence-corrected chi connectivity index (χ0v) is 15.3. The molecule has 0 unspecified atom stereocenters. The monoisotopic (exact) mass is 378 g/mol. The molecule has 0 aliphatic carbocycles. The van der Waals surface area contributed by atoms with Gasteiger partial charge in [-0.3, -0.25) is 9.59 Å². The van der Waals surface area contributed by atoms with Gasteiger partial charge in [-0.05, 0) is 43.3 Å². The number of ketones is 1. The number of carboxylic acid groups (broad SMARTS) is 1. The Morgan fingerprint density at radius 1 is 1.07 bits per heavy atom. The molecule has 2 aromatic carbocycles. The topological polar surface area (TPSA) is 109 Å². The van der Waals surface area contributed by atoms with Crippen molar-refractivity contribution in [2.24, 2.45) is 7.05 Å². The van der Waals surface area contributed by atoms with E-state index in [4.69, 9.17) is 5.11 Å². The second kappa shape index (κ2) is 7.40. The Kier molecular flexibility index (Phi) is 5.00. The minimum absolute atomic E-state index is 0.146. The van der Waals surface area contributed by atoms with Crippen molar-refractivity contribution in [3.8, 4) is 5.75 Å². The molecule has 0 atom stereocenters. The third kappa shape index (κ3) is 3.50. The molecule has 3 N–H and O–H groups in total. The summed E-state index contributed by atoms with van der Waals surface area (Å²) < 4.78 is 1.32. The number of carbonyl (C=O) groups is 2. The van der Waals surface area contributed by atoms with E-state index in [9.17, 15) is 19.5 Å². The fraction of sp³-hybridized carbons (Fsp3) is 0.0952. The smallest absolute Gasteiger partial charge is 0.335 e. The number of nitrogens with one attached hydrogen (secondary N) is 1. The van der Waals surface area contributed by atoms with Crippen molar-refractivity contribution < 1.29 is 19.8 Å². The van der Waals surface area contributed by atoms with Crippen LogP contribution in [0, 0.1) is 0 Å². The van der Waals surface area contributed by atoms with Gasteiger partial charge in [0.1, 0.15) is 11.3 Å². The SMILES string of the molecule is CC(=CC(=O)c1c(O)c2ccccc2n(C)c1=O)Nc1ccc(C(=O)O)cc1. The number of para-hydroxylation sites is 1. The molecule has 7 heteroatoms. The Morgan fingerprint density at radius 3 is 2.36 bits per heavy atom. The molecule has 1 aromatic heterocycles. The number of aromatic hydroxyl groups is 1. The van der Waals surface area contributed by atoms with E-state index >= 15 is 0 Å². The molecule has 142 valence electrons. The van der Waals surface area contributed by atoms with Crippen LogP contribution in [0.4, 0.5) is 5.69 Å². The average Bonchev–Trinajstić information content (AvgIpc) is 2.66. The van der Waals surface area contributed by atoms with E-state index in [2.05, 4.69) is 5.32 Å². The van der Waals surface area contributed by atoms with E-state index < -0.39 is 17.3 Å². The first-order valence-electron chi connectivity index (χ1n) is 8.43. The maximum Gasteiger partial charge on any atom is 0.335 e. The minimum atomic E-state index is -1.03. The molecule has 0 saturated heterocycles. The van der Waals surface area contributed by atoms with Crippen molar-refractivity contribution >= 4 is 28.3 Å². The van der Waals surface area contributed by atoms with Gasteiger partial charge in [0.2, 0.25) is 0 Å². The summed E-state index contributed by atoms with van der Waals surface area (Å²) in [6.07, 6.45) is 1.22. The number of benzene rings is 2. The summed E-state index contributed by atoms with van der Waals surface area (Å²) in [5.74, 6) is -2.01. The Balaban J connectivity index is 1.93. The molecule has 0 amide bonds. The first kappa shape index (κ1) is 18.9. The van der Waals surface area contributed by atoms with E-state index in [0.717, 1.165) is 0 Å². The Bertz CT molecular complexity index is 1170. The maximum atomic E-state index is 12.7. The highest BCUT2D eigenvalue weighted by molar-refractivity contribution is 6.09. The standard InChI is InChI=1S/C21H18N2O5/c1-12(22-14-9-7-13(8-10-14)21(27)28)11-17(24)18-19(25)15-5-3-4-6-16(15)23(2)20(18)26/h3-11,22,25H,1-2H3,(H,27,28). The number of anilines is 1. The lowest BCUT2D eigenvalue weighted by molar-refractivity contribution is 0.0696. The van der Waals surface area contributed by atoms with Crippen molar-refractivity contribution in [3.05, 3.63) is 81.8 Å². The van der Waals surface area contributed by atoms with E-state index in [0.29, 0.717) is 22.3 Å². The molecule has 28 heavy (non-hydrogen) atoms. The number of hydrogen-bond donors (Lipinski definition) is 3. The number of aryl methyl sites for hydroxylation is 1. The van der Waals surface area contributed by atoms with Crippen LogP contribution in [0.3, 0.4) is 0 Å². The van der Waals surface area contributed by atoms with Gasteiger partial charge >= 0.3 is 5.97 Å². The van der Waals surface area contributed by atoms with E-state index in [-0.39, 0.29) is 16.9 Å². The first-order valence-corrected chi connectivity index (χ1v) is 8.43. The van der Waals surface area contributed by atoms with Gasteiger partial charge in [0.05, 0.1) is 11.1 Å².